The molecule has 2 aliphatic rings. The second-order valence-electron chi connectivity index (χ2n) is 9.22. The molecule has 2 fully saturated rings. The Morgan fingerprint density at radius 3 is 2.62 bits per heavy atom. The van der Waals surface area contributed by atoms with Crippen LogP contribution in [0.4, 0.5) is 0 Å². The zero-order valence-electron chi connectivity index (χ0n) is 18.3. The lowest BCUT2D eigenvalue weighted by atomic mass is 9.98. The Bertz CT molecular complexity index is 898. The summed E-state index contributed by atoms with van der Waals surface area (Å²) in [5, 5.41) is 0.816. The average Bonchev–Trinajstić information content (AvgIpc) is 2.69. The fraction of sp³-hybridized carbons (Fsp3) is 0.625. The first-order valence-corrected chi connectivity index (χ1v) is 11.3. The predicted molar refractivity (Wildman–Crippen MR) is 121 cm³/mol. The molecule has 0 radical (unpaired) electrons. The third-order valence-corrected chi connectivity index (χ3v) is 6.83. The van der Waals surface area contributed by atoms with Gasteiger partial charge in [-0.3, -0.25) is 9.69 Å². The third-order valence-electron chi connectivity index (χ3n) is 6.83. The highest BCUT2D eigenvalue weighted by atomic mass is 16.1. The maximum atomic E-state index is 12.7. The molecule has 0 saturated carbocycles. The number of aromatic amines is 1. The van der Waals surface area contributed by atoms with Crippen molar-refractivity contribution in [1.82, 2.24) is 19.7 Å². The monoisotopic (exact) mass is 396 g/mol. The summed E-state index contributed by atoms with van der Waals surface area (Å²) in [6.07, 6.45) is 5.11. The Morgan fingerprint density at radius 1 is 1.03 bits per heavy atom. The van der Waals surface area contributed by atoms with Crippen LogP contribution < -0.4 is 5.43 Å². The van der Waals surface area contributed by atoms with Crippen molar-refractivity contribution in [1.29, 1.82) is 0 Å². The molecule has 1 aromatic carbocycles. The molecule has 3 heterocycles. The lowest BCUT2D eigenvalue weighted by Gasteiger charge is -2.38. The summed E-state index contributed by atoms with van der Waals surface area (Å²) in [7, 11) is 2.22. The van der Waals surface area contributed by atoms with Crippen LogP contribution in [0.1, 0.15) is 42.5 Å². The number of benzene rings is 1. The van der Waals surface area contributed by atoms with Gasteiger partial charge in [0.05, 0.1) is 5.52 Å². The number of aromatic nitrogens is 1. The van der Waals surface area contributed by atoms with Gasteiger partial charge in [0.25, 0.3) is 0 Å². The van der Waals surface area contributed by atoms with E-state index >= 15 is 0 Å². The number of likely N-dealkylation sites (N-methyl/N-ethyl adjacent to an activating group) is 1. The number of pyridine rings is 1. The summed E-state index contributed by atoms with van der Waals surface area (Å²) in [6, 6.07) is 6.61. The predicted octanol–water partition coefficient (Wildman–Crippen LogP) is 3.14. The van der Waals surface area contributed by atoms with Crippen molar-refractivity contribution in [3.63, 3.8) is 0 Å². The smallest absolute Gasteiger partial charge is 0.189 e. The van der Waals surface area contributed by atoms with Crippen LogP contribution in [0.3, 0.4) is 0 Å². The van der Waals surface area contributed by atoms with Gasteiger partial charge in [0.1, 0.15) is 0 Å². The molecule has 1 N–H and O–H groups in total. The van der Waals surface area contributed by atoms with Gasteiger partial charge in [-0.05, 0) is 70.4 Å². The first kappa shape index (κ1) is 20.6. The minimum Gasteiger partial charge on any atom is -0.357 e. The van der Waals surface area contributed by atoms with E-state index in [0.29, 0.717) is 6.04 Å². The largest absolute Gasteiger partial charge is 0.357 e. The van der Waals surface area contributed by atoms with Gasteiger partial charge >= 0.3 is 0 Å². The number of H-pyrrole nitrogens is 1. The van der Waals surface area contributed by atoms with E-state index in [9.17, 15) is 4.79 Å². The van der Waals surface area contributed by atoms with Crippen molar-refractivity contribution in [3.05, 3.63) is 45.2 Å². The number of aryl methyl sites for hydroxylation is 2. The van der Waals surface area contributed by atoms with Gasteiger partial charge in [0, 0.05) is 55.9 Å². The second-order valence-corrected chi connectivity index (χ2v) is 9.22. The second kappa shape index (κ2) is 8.99. The standard InChI is InChI=1S/C24H36N4O/c1-18-14-19(2)24-22(15-18)23(29)16-20(25-24)17-28-8-5-4-6-21(28)7-9-27-12-10-26(3)11-13-27/h14-16,21H,4-13,17H2,1-3H3,(H,25,29). The minimum absolute atomic E-state index is 0.145. The van der Waals surface area contributed by atoms with Crippen LogP contribution >= 0.6 is 0 Å². The van der Waals surface area contributed by atoms with E-state index in [1.54, 1.807) is 0 Å². The SMILES string of the molecule is Cc1cc(C)c2[nH]c(CN3CCCCC3CCN3CCN(C)CC3)cc(=O)c2c1. The molecular formula is C24H36N4O. The molecule has 0 aliphatic carbocycles. The first-order valence-electron chi connectivity index (χ1n) is 11.3. The van der Waals surface area contributed by atoms with Crippen molar-refractivity contribution in [2.75, 3.05) is 46.3 Å². The number of nitrogens with zero attached hydrogens (tertiary/aromatic N) is 3. The summed E-state index contributed by atoms with van der Waals surface area (Å²) in [6.45, 7) is 12.1. The number of fused-ring (bicyclic) bond motifs is 1. The van der Waals surface area contributed by atoms with E-state index in [0.717, 1.165) is 40.8 Å². The minimum atomic E-state index is 0.145. The normalized spacial score (nSPS) is 22.4. The van der Waals surface area contributed by atoms with Gasteiger partial charge in [-0.1, -0.05) is 12.5 Å². The molecule has 1 atom stereocenters. The van der Waals surface area contributed by atoms with E-state index in [4.69, 9.17) is 0 Å². The molecule has 0 amide bonds. The van der Waals surface area contributed by atoms with Gasteiger partial charge in [-0.15, -0.1) is 0 Å². The summed E-state index contributed by atoms with van der Waals surface area (Å²) in [4.78, 5) is 24.0. The van der Waals surface area contributed by atoms with Crippen LogP contribution in [0.25, 0.3) is 10.9 Å². The summed E-state index contributed by atoms with van der Waals surface area (Å²) in [5.41, 5.74) is 4.51. The van der Waals surface area contributed by atoms with Gasteiger partial charge in [-0.2, -0.15) is 0 Å². The molecule has 29 heavy (non-hydrogen) atoms. The molecule has 1 unspecified atom stereocenters. The highest BCUT2D eigenvalue weighted by molar-refractivity contribution is 5.82. The topological polar surface area (TPSA) is 42.6 Å². The third kappa shape index (κ3) is 4.90. The number of piperazine rings is 1. The molecule has 0 bridgehead atoms. The molecular weight excluding hydrogens is 360 g/mol. The van der Waals surface area contributed by atoms with Crippen LogP contribution in [0.15, 0.2) is 23.0 Å². The van der Waals surface area contributed by atoms with Crippen molar-refractivity contribution < 1.29 is 0 Å². The van der Waals surface area contributed by atoms with E-state index in [1.807, 2.05) is 12.1 Å². The summed E-state index contributed by atoms with van der Waals surface area (Å²) in [5.74, 6) is 0. The van der Waals surface area contributed by atoms with E-state index in [-0.39, 0.29) is 5.43 Å². The first-order chi connectivity index (χ1) is 14.0. The number of piperidine rings is 1. The van der Waals surface area contributed by atoms with Crippen LogP contribution in [0.5, 0.6) is 0 Å². The van der Waals surface area contributed by atoms with Crippen molar-refractivity contribution >= 4 is 10.9 Å². The van der Waals surface area contributed by atoms with Crippen molar-refractivity contribution in [2.24, 2.45) is 0 Å². The zero-order valence-corrected chi connectivity index (χ0v) is 18.3. The number of rotatable bonds is 5. The Labute approximate surface area is 174 Å². The zero-order chi connectivity index (χ0) is 20.4. The van der Waals surface area contributed by atoms with E-state index < -0.39 is 0 Å². The number of hydrogen-bond donors (Lipinski definition) is 1. The summed E-state index contributed by atoms with van der Waals surface area (Å²) < 4.78 is 0. The van der Waals surface area contributed by atoms with Crippen LogP contribution in [0, 0.1) is 13.8 Å². The average molecular weight is 397 g/mol. The Morgan fingerprint density at radius 2 is 1.83 bits per heavy atom. The quantitative estimate of drug-likeness (QED) is 0.843. The van der Waals surface area contributed by atoms with Crippen molar-refractivity contribution in [2.45, 2.75) is 52.1 Å². The van der Waals surface area contributed by atoms with E-state index in [1.165, 1.54) is 58.4 Å². The Hall–Kier alpha value is -1.69. The molecule has 2 saturated heterocycles. The number of hydrogen-bond acceptors (Lipinski definition) is 4. The molecule has 1 aromatic heterocycles. The van der Waals surface area contributed by atoms with Crippen LogP contribution in [0.2, 0.25) is 0 Å². The van der Waals surface area contributed by atoms with Gasteiger partial charge < -0.3 is 14.8 Å². The molecule has 0 spiro atoms. The molecule has 2 aliphatic heterocycles. The van der Waals surface area contributed by atoms with E-state index in [2.05, 4.69) is 46.6 Å². The fourth-order valence-electron chi connectivity index (χ4n) is 5.06. The molecule has 158 valence electrons. The number of nitrogens with one attached hydrogen (secondary N) is 1. The lowest BCUT2D eigenvalue weighted by Crippen LogP contribution is -2.47. The molecule has 2 aromatic rings. The Balaban J connectivity index is 1.46. The van der Waals surface area contributed by atoms with Gasteiger partial charge in [-0.25, -0.2) is 0 Å². The van der Waals surface area contributed by atoms with Crippen molar-refractivity contribution in [3.8, 4) is 0 Å². The van der Waals surface area contributed by atoms with Crippen LogP contribution in [-0.4, -0.2) is 72.0 Å². The van der Waals surface area contributed by atoms with Gasteiger partial charge in [0.2, 0.25) is 0 Å². The maximum absolute atomic E-state index is 12.7. The lowest BCUT2D eigenvalue weighted by molar-refractivity contribution is 0.101. The molecule has 4 rings (SSSR count). The summed E-state index contributed by atoms with van der Waals surface area (Å²) >= 11 is 0. The number of likely N-dealkylation sites (tertiary alicyclic amines) is 1. The Kier molecular flexibility index (Phi) is 6.38. The fourth-order valence-corrected chi connectivity index (χ4v) is 5.06. The molecule has 5 heteroatoms. The highest BCUT2D eigenvalue weighted by Crippen LogP contribution is 2.23. The molecule has 5 nitrogen and oxygen atoms in total. The van der Waals surface area contributed by atoms with Gasteiger partial charge in [0.15, 0.2) is 5.43 Å². The maximum Gasteiger partial charge on any atom is 0.189 e. The highest BCUT2D eigenvalue weighted by Gasteiger charge is 2.24. The van der Waals surface area contributed by atoms with Crippen LogP contribution in [-0.2, 0) is 6.54 Å².